The van der Waals surface area contributed by atoms with Crippen molar-refractivity contribution in [2.24, 2.45) is 11.3 Å². The van der Waals surface area contributed by atoms with Gasteiger partial charge in [0.25, 0.3) is 0 Å². The van der Waals surface area contributed by atoms with Crippen molar-refractivity contribution in [2.45, 2.75) is 113 Å². The van der Waals surface area contributed by atoms with E-state index in [1.807, 2.05) is 3.28 Å². The second-order valence-electron chi connectivity index (χ2n) is 14.8. The predicted octanol–water partition coefficient (Wildman–Crippen LogP) is 3.60. The summed E-state index contributed by atoms with van der Waals surface area (Å²) in [4.78, 5) is 0. The molecule has 1 atom stereocenters. The second-order valence-corrected chi connectivity index (χ2v) is 21.9. The average molecular weight is 645 g/mol. The number of rotatable bonds is 4. The van der Waals surface area contributed by atoms with Crippen LogP contribution >= 0.6 is 0 Å². The molecular formula is C36H50Cl2Zr. The monoisotopic (exact) mass is 642 g/mol. The van der Waals surface area contributed by atoms with Crippen molar-refractivity contribution in [2.75, 3.05) is 0 Å². The summed E-state index contributed by atoms with van der Waals surface area (Å²) in [6.45, 7) is 28.6. The predicted molar refractivity (Wildman–Crippen MR) is 162 cm³/mol. The van der Waals surface area contributed by atoms with Crippen molar-refractivity contribution in [1.29, 1.82) is 0 Å². The molecule has 0 saturated carbocycles. The summed E-state index contributed by atoms with van der Waals surface area (Å²) in [7, 11) is 0. The molecule has 0 spiro atoms. The van der Waals surface area contributed by atoms with Crippen LogP contribution in [-0.4, -0.2) is 3.21 Å². The van der Waals surface area contributed by atoms with E-state index in [4.69, 9.17) is 0 Å². The molecule has 212 valence electrons. The summed E-state index contributed by atoms with van der Waals surface area (Å²) in [5.41, 5.74) is 11.2. The fraction of sp³-hybridized carbons (Fsp3) is 0.528. The summed E-state index contributed by atoms with van der Waals surface area (Å²) in [5.74, 6) is 0.619. The molecule has 0 heterocycles. The summed E-state index contributed by atoms with van der Waals surface area (Å²) < 4.78 is 5.26. The van der Waals surface area contributed by atoms with Crippen molar-refractivity contribution in [3.63, 3.8) is 0 Å². The first kappa shape index (κ1) is 34.5. The molecule has 2 aliphatic carbocycles. The number of hydrogen-bond acceptors (Lipinski definition) is 0. The third-order valence-electron chi connectivity index (χ3n) is 8.36. The maximum absolute atomic E-state index is 2.66. The topological polar surface area (TPSA) is 0 Å². The molecule has 39 heavy (non-hydrogen) atoms. The van der Waals surface area contributed by atoms with Crippen LogP contribution in [0.15, 0.2) is 51.3 Å². The molecule has 0 amide bonds. The summed E-state index contributed by atoms with van der Waals surface area (Å²) in [6.07, 6.45) is 8.92. The molecule has 2 aromatic rings. The van der Waals surface area contributed by atoms with E-state index in [9.17, 15) is 0 Å². The van der Waals surface area contributed by atoms with Gasteiger partial charge >= 0.3 is 237 Å². The minimum absolute atomic E-state index is 0. The largest absolute Gasteiger partial charge is 1.00 e. The van der Waals surface area contributed by atoms with Crippen molar-refractivity contribution >= 4 is 6.48 Å². The van der Waals surface area contributed by atoms with Gasteiger partial charge in [-0.25, -0.2) is 0 Å². The van der Waals surface area contributed by atoms with Crippen molar-refractivity contribution < 1.29 is 46.1 Å². The van der Waals surface area contributed by atoms with Gasteiger partial charge in [0.05, 0.1) is 0 Å². The SMILES string of the molecule is CCCC1C=C(C(C)(C)C)C=[C]1[Zr+2](=[C](C)C)[c]1cc(C(C)(C)C)cc2c1Cc1ccc(C(C)(C)C)cc1-2.[Cl-].[Cl-]. The molecule has 4 rings (SSSR count). The minimum atomic E-state index is -2.29. The summed E-state index contributed by atoms with van der Waals surface area (Å²) in [6, 6.07) is 12.5. The van der Waals surface area contributed by atoms with Gasteiger partial charge in [0.2, 0.25) is 0 Å². The zero-order valence-corrected chi connectivity index (χ0v) is 30.5. The second kappa shape index (κ2) is 12.2. The fourth-order valence-corrected chi connectivity index (χ4v) is 13.8. The first-order chi connectivity index (χ1) is 17.0. The standard InChI is InChI=1S/C21H25.C12H19.C3H6.2ClH.Zr/c1-20(2,3)16-9-7-14-11-15-8-10-17(21(4,5)6)13-19(15)18(14)12-16;1-5-6-10-7-8-11(9-10)12(2,3)4;1-3-2;;;/h7,9-10,12-13H,11H2,1-6H3;8-10H,5-6H2,1-4H3;1-2H3;2*1H;/q;;;;;+2/p-2. The van der Waals surface area contributed by atoms with Crippen LogP contribution in [0, 0.1) is 11.3 Å². The van der Waals surface area contributed by atoms with E-state index in [1.54, 1.807) is 17.6 Å². The molecule has 0 nitrogen and oxygen atoms in total. The third-order valence-corrected chi connectivity index (χ3v) is 15.9. The fourth-order valence-electron chi connectivity index (χ4n) is 6.01. The van der Waals surface area contributed by atoms with Gasteiger partial charge in [-0.1, -0.05) is 0 Å². The van der Waals surface area contributed by atoms with Crippen LogP contribution in [-0.2, 0) is 38.5 Å². The van der Waals surface area contributed by atoms with E-state index in [0.29, 0.717) is 5.92 Å². The van der Waals surface area contributed by atoms with Crippen molar-refractivity contribution in [3.05, 3.63) is 73.6 Å². The Balaban J connectivity index is 0.00000267. The van der Waals surface area contributed by atoms with Crippen LogP contribution in [0.25, 0.3) is 11.1 Å². The first-order valence-electron chi connectivity index (χ1n) is 14.5. The molecule has 2 aromatic carbocycles. The Morgan fingerprint density at radius 2 is 1.38 bits per heavy atom. The molecule has 0 bridgehead atoms. The summed E-state index contributed by atoms with van der Waals surface area (Å²) in [5, 5.41) is 0. The third kappa shape index (κ3) is 7.01. The molecule has 3 heteroatoms. The maximum Gasteiger partial charge on any atom is -1.00 e. The van der Waals surface area contributed by atoms with Crippen LogP contribution in [0.2, 0.25) is 0 Å². The van der Waals surface area contributed by atoms with E-state index >= 15 is 0 Å². The average Bonchev–Trinajstić information content (AvgIpc) is 3.34. The Morgan fingerprint density at radius 1 is 0.795 bits per heavy atom. The molecule has 0 aromatic heterocycles. The van der Waals surface area contributed by atoms with Gasteiger partial charge in [-0.3, -0.25) is 0 Å². The van der Waals surface area contributed by atoms with Gasteiger partial charge in [-0.2, -0.15) is 0 Å². The van der Waals surface area contributed by atoms with Crippen LogP contribution in [0.5, 0.6) is 0 Å². The number of allylic oxidation sites excluding steroid dienone is 4. The molecular weight excluding hydrogens is 595 g/mol. The van der Waals surface area contributed by atoms with Gasteiger partial charge in [0.1, 0.15) is 0 Å². The molecule has 0 aliphatic heterocycles. The number of halogens is 2. The summed E-state index contributed by atoms with van der Waals surface area (Å²) >= 11 is -2.29. The number of fused-ring (bicyclic) bond motifs is 3. The van der Waals surface area contributed by atoms with Gasteiger partial charge in [-0.05, 0) is 0 Å². The molecule has 2 aliphatic rings. The minimum Gasteiger partial charge on any atom is -1.00 e. The van der Waals surface area contributed by atoms with E-state index in [0.717, 1.165) is 6.42 Å². The molecule has 0 radical (unpaired) electrons. The Labute approximate surface area is 260 Å². The van der Waals surface area contributed by atoms with Crippen molar-refractivity contribution in [3.8, 4) is 11.1 Å². The zero-order chi connectivity index (χ0) is 27.5. The Hall–Kier alpha value is -0.747. The Bertz CT molecular complexity index is 1310. The van der Waals surface area contributed by atoms with Crippen LogP contribution in [0.4, 0.5) is 0 Å². The first-order valence-corrected chi connectivity index (χ1v) is 18.1. The van der Waals surface area contributed by atoms with E-state index in [1.165, 1.54) is 40.7 Å². The Morgan fingerprint density at radius 3 is 1.90 bits per heavy atom. The quantitative estimate of drug-likeness (QED) is 0.408. The molecule has 0 N–H and O–H groups in total. The smallest absolute Gasteiger partial charge is 1.00 e. The molecule has 0 saturated heterocycles. The maximum atomic E-state index is 2.66. The zero-order valence-electron chi connectivity index (χ0n) is 26.5. The molecule has 0 fully saturated rings. The van der Waals surface area contributed by atoms with E-state index < -0.39 is 21.3 Å². The van der Waals surface area contributed by atoms with Crippen LogP contribution in [0.1, 0.15) is 118 Å². The normalized spacial score (nSPS) is 16.2. The van der Waals surface area contributed by atoms with Gasteiger partial charge in [0, 0.05) is 0 Å². The van der Waals surface area contributed by atoms with Gasteiger partial charge in [0.15, 0.2) is 0 Å². The van der Waals surface area contributed by atoms with Crippen molar-refractivity contribution in [1.82, 2.24) is 0 Å². The van der Waals surface area contributed by atoms with Crippen LogP contribution < -0.4 is 28.1 Å². The number of hydrogen-bond donors (Lipinski definition) is 0. The Kier molecular flexibility index (Phi) is 10.8. The molecule has 1 unspecified atom stereocenters. The number of benzene rings is 2. The van der Waals surface area contributed by atoms with Gasteiger partial charge in [-0.15, -0.1) is 0 Å². The van der Waals surface area contributed by atoms with Gasteiger partial charge < -0.3 is 24.8 Å². The van der Waals surface area contributed by atoms with E-state index in [-0.39, 0.29) is 41.1 Å². The van der Waals surface area contributed by atoms with Crippen LogP contribution in [0.3, 0.4) is 0 Å². The van der Waals surface area contributed by atoms with E-state index in [2.05, 4.69) is 126 Å².